The number of nitrogens with one attached hydrogen (secondary N) is 1. The van der Waals surface area contributed by atoms with Crippen LogP contribution in [0.3, 0.4) is 0 Å². The lowest BCUT2D eigenvalue weighted by atomic mass is 10.4. The van der Waals surface area contributed by atoms with E-state index in [-0.39, 0.29) is 10.6 Å². The Morgan fingerprint density at radius 2 is 1.70 bits per heavy atom. The molecule has 0 aromatic carbocycles. The molecule has 0 radical (unpaired) electrons. The van der Waals surface area contributed by atoms with E-state index in [1.165, 1.54) is 12.3 Å². The van der Waals surface area contributed by atoms with E-state index in [2.05, 4.69) is 19.7 Å². The summed E-state index contributed by atoms with van der Waals surface area (Å²) >= 11 is 0. The monoisotopic (exact) mass is 336 g/mol. The second kappa shape index (κ2) is 6.32. The van der Waals surface area contributed by atoms with Crippen LogP contribution in [-0.2, 0) is 4.74 Å². The average Bonchev–Trinajstić information content (AvgIpc) is 2.84. The summed E-state index contributed by atoms with van der Waals surface area (Å²) in [6, 6.07) is 0. The van der Waals surface area contributed by atoms with Crippen molar-refractivity contribution in [3.8, 4) is 0 Å². The maximum absolute atomic E-state index is 11.4. The highest BCUT2D eigenvalue weighted by Gasteiger charge is 2.72. The molecule has 0 saturated heterocycles. The van der Waals surface area contributed by atoms with Crippen LogP contribution in [-0.4, -0.2) is 48.4 Å². The van der Waals surface area contributed by atoms with Gasteiger partial charge in [-0.15, -0.1) is 10.1 Å². The Labute approximate surface area is 123 Å². The van der Waals surface area contributed by atoms with Gasteiger partial charge in [-0.2, -0.15) is 0 Å². The number of aromatic nitrogens is 2. The first-order valence-electron chi connectivity index (χ1n) is 5.26. The Morgan fingerprint density at radius 1 is 1.17 bits per heavy atom. The molecular weight excluding hydrogens is 330 g/mol. The van der Waals surface area contributed by atoms with E-state index < -0.39 is 39.1 Å². The summed E-state index contributed by atoms with van der Waals surface area (Å²) in [5.74, 6) is -4.51. The van der Waals surface area contributed by atoms with Gasteiger partial charge in [-0.05, 0) is 17.0 Å². The zero-order chi connectivity index (χ0) is 17.8. The van der Waals surface area contributed by atoms with Crippen molar-refractivity contribution in [2.75, 3.05) is 6.61 Å². The van der Waals surface area contributed by atoms with Crippen LogP contribution < -0.4 is 5.43 Å². The van der Waals surface area contributed by atoms with Crippen LogP contribution in [0.2, 0.25) is 0 Å². The van der Waals surface area contributed by atoms with Gasteiger partial charge in [0.2, 0.25) is 0 Å². The molecule has 23 heavy (non-hydrogen) atoms. The predicted octanol–water partition coefficient (Wildman–Crippen LogP) is -1.09. The average molecular weight is 336 g/mol. The Bertz CT molecular complexity index is 645. The van der Waals surface area contributed by atoms with Crippen LogP contribution in [0.4, 0.5) is 10.6 Å². The zero-order valence-corrected chi connectivity index (χ0v) is 11.0. The summed E-state index contributed by atoms with van der Waals surface area (Å²) in [4.78, 5) is 48.5. The van der Waals surface area contributed by atoms with Gasteiger partial charge < -0.3 is 4.74 Å². The molecule has 124 valence electrons. The van der Waals surface area contributed by atoms with E-state index in [0.29, 0.717) is 0 Å². The highest BCUT2D eigenvalue weighted by Crippen LogP contribution is 2.13. The third-order valence-corrected chi connectivity index (χ3v) is 2.29. The molecular formula is C6H6N7O10+. The number of rotatable bonds is 7. The number of nitrogens with zero attached hydrogens (tertiary/aromatic N) is 6. The number of hydrazine groups is 1. The van der Waals surface area contributed by atoms with E-state index in [4.69, 9.17) is 0 Å². The SMILES string of the molecule is Cc1nonc1[N+](=O)NC(=O)OCC([N+](=O)[O-])([N+](=O)[O-])[N+](=O)[O-]. The third-order valence-electron chi connectivity index (χ3n) is 2.29. The van der Waals surface area contributed by atoms with Gasteiger partial charge in [-0.25, -0.2) is 4.79 Å². The van der Waals surface area contributed by atoms with Gasteiger partial charge in [0.15, 0.2) is 25.6 Å². The molecule has 1 amide bonds. The van der Waals surface area contributed by atoms with Gasteiger partial charge in [0.25, 0.3) is 0 Å². The van der Waals surface area contributed by atoms with Crippen LogP contribution in [0.15, 0.2) is 4.63 Å². The van der Waals surface area contributed by atoms with Crippen molar-refractivity contribution in [3.05, 3.63) is 40.9 Å². The van der Waals surface area contributed by atoms with Crippen molar-refractivity contribution < 1.29 is 33.8 Å². The fourth-order valence-corrected chi connectivity index (χ4v) is 1.10. The smallest absolute Gasteiger partial charge is 0.422 e. The minimum atomic E-state index is -4.00. The van der Waals surface area contributed by atoms with E-state index >= 15 is 0 Å². The molecule has 0 spiro atoms. The number of nitro groups is 3. The second-order valence-electron chi connectivity index (χ2n) is 3.70. The van der Waals surface area contributed by atoms with E-state index in [9.17, 15) is 40.0 Å². The molecule has 0 atom stereocenters. The molecule has 0 fully saturated rings. The molecule has 0 unspecified atom stereocenters. The van der Waals surface area contributed by atoms with Crippen molar-refractivity contribution in [1.29, 1.82) is 0 Å². The van der Waals surface area contributed by atoms with Crippen LogP contribution >= 0.6 is 0 Å². The highest BCUT2D eigenvalue weighted by atomic mass is 16.7. The van der Waals surface area contributed by atoms with Crippen LogP contribution in [0.1, 0.15) is 5.69 Å². The molecule has 1 heterocycles. The maximum atomic E-state index is 11.4. The fourth-order valence-electron chi connectivity index (χ4n) is 1.10. The first-order chi connectivity index (χ1) is 10.6. The lowest BCUT2D eigenvalue weighted by Crippen LogP contribution is -2.57. The summed E-state index contributed by atoms with van der Waals surface area (Å²) < 4.78 is 8.16. The summed E-state index contributed by atoms with van der Waals surface area (Å²) in [6.07, 6.45) is -1.74. The number of carbonyl (C=O) groups is 1. The first-order valence-corrected chi connectivity index (χ1v) is 5.26. The van der Waals surface area contributed by atoms with Gasteiger partial charge in [0, 0.05) is 0 Å². The van der Waals surface area contributed by atoms with Crippen molar-refractivity contribution >= 4 is 11.9 Å². The highest BCUT2D eigenvalue weighted by molar-refractivity contribution is 5.65. The summed E-state index contributed by atoms with van der Waals surface area (Å²) in [6.45, 7) is -0.587. The molecule has 17 heteroatoms. The quantitative estimate of drug-likeness (QED) is 0.271. The standard InChI is InChI=1S/C6H5N7O10/c1-3-4(9-23-8-3)10(15)7-5(14)22-2-6(11(16)17,12(18)19)13(20)21/h2H2,1H3/p+1. The van der Waals surface area contributed by atoms with Gasteiger partial charge in [-0.1, -0.05) is 0 Å². The molecule has 0 aliphatic carbocycles. The van der Waals surface area contributed by atoms with Gasteiger partial charge in [-0.3, -0.25) is 30.3 Å². The van der Waals surface area contributed by atoms with Crippen molar-refractivity contribution in [2.45, 2.75) is 12.7 Å². The maximum Gasteiger partial charge on any atom is 0.734 e. The zero-order valence-electron chi connectivity index (χ0n) is 11.0. The number of nitroso groups, excluding NO2 is 1. The van der Waals surface area contributed by atoms with Gasteiger partial charge >= 0.3 is 24.3 Å². The van der Waals surface area contributed by atoms with Crippen LogP contribution in [0.25, 0.3) is 0 Å². The molecule has 0 aliphatic heterocycles. The molecule has 1 N–H and O–H groups in total. The second-order valence-corrected chi connectivity index (χ2v) is 3.70. The van der Waals surface area contributed by atoms with Crippen LogP contribution in [0.5, 0.6) is 0 Å². The number of carbonyl (C=O) groups excluding carboxylic acids is 1. The number of hydrogen-bond donors (Lipinski definition) is 1. The number of aryl methyl sites for hydroxylation is 1. The molecule has 0 saturated carbocycles. The third kappa shape index (κ3) is 3.28. The summed E-state index contributed by atoms with van der Waals surface area (Å²) in [5.41, 5.74) is 1.35. The molecule has 1 rings (SSSR count). The largest absolute Gasteiger partial charge is 0.734 e. The molecule has 1 aromatic heterocycles. The predicted molar refractivity (Wildman–Crippen MR) is 60.5 cm³/mol. The Kier molecular flexibility index (Phi) is 4.74. The normalized spacial score (nSPS) is 10.7. The van der Waals surface area contributed by atoms with Crippen LogP contribution in [0, 0.1) is 42.2 Å². The number of ether oxygens (including phenoxy) is 1. The lowest BCUT2D eigenvalue weighted by Gasteiger charge is -2.08. The summed E-state index contributed by atoms with van der Waals surface area (Å²) in [5, 5.41) is 38.0. The molecule has 0 aliphatic rings. The number of amides is 1. The Morgan fingerprint density at radius 3 is 2.09 bits per heavy atom. The van der Waals surface area contributed by atoms with Gasteiger partial charge in [0.1, 0.15) is 4.87 Å². The van der Waals surface area contributed by atoms with E-state index in [0.717, 1.165) is 0 Å². The minimum Gasteiger partial charge on any atom is -0.422 e. The van der Waals surface area contributed by atoms with Crippen molar-refractivity contribution in [3.63, 3.8) is 0 Å². The summed E-state index contributed by atoms with van der Waals surface area (Å²) in [7, 11) is 0. The number of hydrogen-bond acceptors (Lipinski definition) is 12. The molecule has 0 bridgehead atoms. The van der Waals surface area contributed by atoms with E-state index in [1.54, 1.807) is 0 Å². The fraction of sp³-hybridized carbons (Fsp3) is 0.500. The minimum absolute atomic E-state index is 0.0458. The molecule has 17 nitrogen and oxygen atoms in total. The van der Waals surface area contributed by atoms with Crippen molar-refractivity contribution in [2.24, 2.45) is 0 Å². The Hall–Kier alpha value is -3.79. The van der Waals surface area contributed by atoms with E-state index in [1.807, 2.05) is 0 Å². The topological polar surface area (TPSA) is 227 Å². The van der Waals surface area contributed by atoms with Crippen molar-refractivity contribution in [1.82, 2.24) is 15.7 Å². The molecule has 1 aromatic rings. The Balaban J connectivity index is 2.79. The lowest BCUT2D eigenvalue weighted by molar-refractivity contribution is -0.970. The van der Waals surface area contributed by atoms with Gasteiger partial charge in [0.05, 0.1) is 0 Å². The first kappa shape index (κ1) is 17.3.